The van der Waals surface area contributed by atoms with Gasteiger partial charge in [-0.2, -0.15) is 0 Å². The molecule has 1 aliphatic carbocycles. The van der Waals surface area contributed by atoms with Gasteiger partial charge in [0.25, 0.3) is 5.91 Å². The van der Waals surface area contributed by atoms with Crippen molar-refractivity contribution in [2.45, 2.75) is 71.5 Å². The number of guanidine groups is 1. The Labute approximate surface area is 192 Å². The average molecular weight is 516 g/mol. The van der Waals surface area contributed by atoms with Crippen LogP contribution >= 0.6 is 24.0 Å². The molecule has 1 aliphatic rings. The highest BCUT2D eigenvalue weighted by Crippen LogP contribution is 2.18. The van der Waals surface area contributed by atoms with Gasteiger partial charge in [0, 0.05) is 25.7 Å². The Morgan fingerprint density at radius 1 is 1.24 bits per heavy atom. The molecular weight excluding hydrogens is 479 g/mol. The fourth-order valence-electron chi connectivity index (χ4n) is 2.91. The summed E-state index contributed by atoms with van der Waals surface area (Å²) in [6.45, 7) is 7.41. The Balaban J connectivity index is 0.00000420. The van der Waals surface area contributed by atoms with Gasteiger partial charge in [0.15, 0.2) is 12.6 Å². The van der Waals surface area contributed by atoms with Crippen LogP contribution in [0.2, 0.25) is 0 Å². The fraction of sp³-hybridized carbons (Fsp3) is 0.636. The van der Waals surface area contributed by atoms with Crippen molar-refractivity contribution in [1.29, 1.82) is 0 Å². The van der Waals surface area contributed by atoms with Gasteiger partial charge in [0.1, 0.15) is 5.75 Å². The summed E-state index contributed by atoms with van der Waals surface area (Å²) in [4.78, 5) is 16.1. The Kier molecular flexibility index (Phi) is 12.0. The first-order chi connectivity index (χ1) is 13.5. The summed E-state index contributed by atoms with van der Waals surface area (Å²) in [7, 11) is 1.79. The number of hydrogen-bond acceptors (Lipinski definition) is 3. The molecule has 1 aromatic rings. The quantitative estimate of drug-likeness (QED) is 0.238. The number of ether oxygens (including phenoxy) is 1. The van der Waals surface area contributed by atoms with Gasteiger partial charge < -0.3 is 20.7 Å². The maximum absolute atomic E-state index is 11.7. The second kappa shape index (κ2) is 13.7. The third kappa shape index (κ3) is 11.3. The largest absolute Gasteiger partial charge is 0.484 e. The van der Waals surface area contributed by atoms with Crippen molar-refractivity contribution >= 4 is 35.8 Å². The number of nitrogens with zero attached hydrogens (tertiary/aromatic N) is 1. The smallest absolute Gasteiger partial charge is 0.258 e. The minimum absolute atomic E-state index is 0. The lowest BCUT2D eigenvalue weighted by Crippen LogP contribution is -2.41. The predicted octanol–water partition coefficient (Wildman–Crippen LogP) is 3.84. The van der Waals surface area contributed by atoms with Gasteiger partial charge in [-0.05, 0) is 49.8 Å². The van der Waals surface area contributed by atoms with Gasteiger partial charge in [-0.15, -0.1) is 24.0 Å². The van der Waals surface area contributed by atoms with E-state index >= 15 is 0 Å². The van der Waals surface area contributed by atoms with E-state index in [1.165, 1.54) is 12.8 Å². The average Bonchev–Trinajstić information content (AvgIpc) is 3.47. The Bertz CT molecular complexity index is 647. The highest BCUT2D eigenvalue weighted by molar-refractivity contribution is 14.0. The van der Waals surface area contributed by atoms with Crippen LogP contribution in [0.4, 0.5) is 0 Å². The molecule has 29 heavy (non-hydrogen) atoms. The molecule has 6 nitrogen and oxygen atoms in total. The molecule has 0 spiro atoms. The molecule has 0 aliphatic heterocycles. The minimum atomic E-state index is -0.0536. The Morgan fingerprint density at radius 2 is 2.00 bits per heavy atom. The van der Waals surface area contributed by atoms with Crippen LogP contribution in [0.25, 0.3) is 0 Å². The topological polar surface area (TPSA) is 74.8 Å². The van der Waals surface area contributed by atoms with Crippen LogP contribution in [0.5, 0.6) is 5.75 Å². The molecule has 7 heteroatoms. The first-order valence-corrected chi connectivity index (χ1v) is 10.4. The zero-order valence-corrected chi connectivity index (χ0v) is 20.5. The van der Waals surface area contributed by atoms with E-state index in [2.05, 4.69) is 41.7 Å². The van der Waals surface area contributed by atoms with Crippen molar-refractivity contribution < 1.29 is 9.53 Å². The van der Waals surface area contributed by atoms with E-state index in [1.807, 2.05) is 24.3 Å². The molecule has 1 saturated carbocycles. The molecule has 1 aromatic carbocycles. The van der Waals surface area contributed by atoms with Crippen molar-refractivity contribution in [3.8, 4) is 5.75 Å². The van der Waals surface area contributed by atoms with Crippen molar-refractivity contribution in [3.63, 3.8) is 0 Å². The van der Waals surface area contributed by atoms with Crippen molar-refractivity contribution in [2.24, 2.45) is 10.9 Å². The van der Waals surface area contributed by atoms with Crippen LogP contribution in [-0.4, -0.2) is 37.6 Å². The molecular formula is C22H37IN4O2. The second-order valence-electron chi connectivity index (χ2n) is 8.07. The summed E-state index contributed by atoms with van der Waals surface area (Å²) in [6, 6.07) is 8.54. The van der Waals surface area contributed by atoms with E-state index in [4.69, 9.17) is 4.74 Å². The number of nitrogens with one attached hydrogen (secondary N) is 3. The van der Waals surface area contributed by atoms with Crippen molar-refractivity contribution in [3.05, 3.63) is 29.8 Å². The highest BCUT2D eigenvalue weighted by Gasteiger charge is 2.23. The molecule has 0 heterocycles. The number of carbonyl (C=O) groups is 1. The summed E-state index contributed by atoms with van der Waals surface area (Å²) in [5.74, 6) is 2.20. The van der Waals surface area contributed by atoms with Crippen LogP contribution in [0, 0.1) is 5.92 Å². The van der Waals surface area contributed by atoms with Gasteiger partial charge in [0.05, 0.1) is 0 Å². The minimum Gasteiger partial charge on any atom is -0.484 e. The third-order valence-corrected chi connectivity index (χ3v) is 4.70. The summed E-state index contributed by atoms with van der Waals surface area (Å²) in [5, 5.41) is 9.72. The Morgan fingerprint density at radius 3 is 2.66 bits per heavy atom. The molecule has 1 atom stereocenters. The SMILES string of the molecule is CN=C(NCc1cccc(OCC(=O)NC2CC2)c1)NC(C)CCCC(C)C.I. The molecule has 1 amide bonds. The van der Waals surface area contributed by atoms with Crippen LogP contribution in [-0.2, 0) is 11.3 Å². The van der Waals surface area contributed by atoms with E-state index in [1.54, 1.807) is 7.05 Å². The van der Waals surface area contributed by atoms with Gasteiger partial charge in [-0.25, -0.2) is 0 Å². The second-order valence-corrected chi connectivity index (χ2v) is 8.07. The van der Waals surface area contributed by atoms with E-state index < -0.39 is 0 Å². The fourth-order valence-corrected chi connectivity index (χ4v) is 2.91. The molecule has 164 valence electrons. The lowest BCUT2D eigenvalue weighted by atomic mass is 10.0. The third-order valence-electron chi connectivity index (χ3n) is 4.70. The van der Waals surface area contributed by atoms with Crippen molar-refractivity contribution in [1.82, 2.24) is 16.0 Å². The number of rotatable bonds is 11. The van der Waals surface area contributed by atoms with Gasteiger partial charge >= 0.3 is 0 Å². The van der Waals surface area contributed by atoms with Crippen LogP contribution in [0.1, 0.15) is 58.4 Å². The predicted molar refractivity (Wildman–Crippen MR) is 130 cm³/mol. The number of halogens is 1. The highest BCUT2D eigenvalue weighted by atomic mass is 127. The van der Waals surface area contributed by atoms with E-state index in [9.17, 15) is 4.79 Å². The lowest BCUT2D eigenvalue weighted by Gasteiger charge is -2.18. The number of benzene rings is 1. The normalized spacial score (nSPS) is 14.7. The summed E-state index contributed by atoms with van der Waals surface area (Å²) in [6.07, 6.45) is 5.77. The molecule has 2 rings (SSSR count). The summed E-state index contributed by atoms with van der Waals surface area (Å²) in [5.41, 5.74) is 1.08. The maximum atomic E-state index is 11.7. The first kappa shape index (κ1) is 25.5. The molecule has 0 aromatic heterocycles. The van der Waals surface area contributed by atoms with E-state index in [-0.39, 0.29) is 36.5 Å². The summed E-state index contributed by atoms with van der Waals surface area (Å²) >= 11 is 0. The van der Waals surface area contributed by atoms with Gasteiger partial charge in [-0.3, -0.25) is 9.79 Å². The first-order valence-electron chi connectivity index (χ1n) is 10.4. The molecule has 1 unspecified atom stereocenters. The monoisotopic (exact) mass is 516 g/mol. The van der Waals surface area contributed by atoms with Gasteiger partial charge in [-0.1, -0.05) is 38.8 Å². The number of aliphatic imine (C=N–C) groups is 1. The number of hydrogen-bond donors (Lipinski definition) is 3. The van der Waals surface area contributed by atoms with Crippen molar-refractivity contribution in [2.75, 3.05) is 13.7 Å². The number of amides is 1. The molecule has 0 saturated heterocycles. The molecule has 1 fully saturated rings. The van der Waals surface area contributed by atoms with Crippen LogP contribution in [0.15, 0.2) is 29.3 Å². The number of carbonyl (C=O) groups excluding carboxylic acids is 1. The van der Waals surface area contributed by atoms with Gasteiger partial charge in [0.2, 0.25) is 0 Å². The standard InChI is InChI=1S/C22H36N4O2.HI/c1-16(2)7-5-8-17(3)25-22(23-4)24-14-18-9-6-10-20(13-18)28-15-21(27)26-19-11-12-19;/h6,9-10,13,16-17,19H,5,7-8,11-12,14-15H2,1-4H3,(H,26,27)(H2,23,24,25);1H. The van der Waals surface area contributed by atoms with Crippen LogP contribution in [0.3, 0.4) is 0 Å². The van der Waals surface area contributed by atoms with E-state index in [0.717, 1.165) is 36.7 Å². The maximum Gasteiger partial charge on any atom is 0.258 e. The summed E-state index contributed by atoms with van der Waals surface area (Å²) < 4.78 is 5.61. The molecule has 0 bridgehead atoms. The van der Waals surface area contributed by atoms with E-state index in [0.29, 0.717) is 24.4 Å². The zero-order chi connectivity index (χ0) is 20.4. The zero-order valence-electron chi connectivity index (χ0n) is 18.2. The van der Waals surface area contributed by atoms with Crippen LogP contribution < -0.4 is 20.7 Å². The molecule has 3 N–H and O–H groups in total. The Hall–Kier alpha value is -1.51. The molecule has 0 radical (unpaired) electrons. The lowest BCUT2D eigenvalue weighted by molar-refractivity contribution is -0.123.